The van der Waals surface area contributed by atoms with Crippen LogP contribution in [0.15, 0.2) is 6.20 Å². The number of nitrogens with zero attached hydrogens (tertiary/aromatic N) is 2. The van der Waals surface area contributed by atoms with Crippen LogP contribution in [-0.2, 0) is 6.54 Å². The molecule has 0 amide bonds. The van der Waals surface area contributed by atoms with Crippen molar-refractivity contribution in [2.24, 2.45) is 0 Å². The second-order valence-corrected chi connectivity index (χ2v) is 3.36. The van der Waals surface area contributed by atoms with Crippen LogP contribution in [-0.4, -0.2) is 16.2 Å². The Balaban J connectivity index is 2.14. The molecule has 1 heterocycles. The first-order chi connectivity index (χ1) is 6.16. The van der Waals surface area contributed by atoms with Crippen molar-refractivity contribution < 1.29 is 8.78 Å². The highest BCUT2D eigenvalue weighted by molar-refractivity contribution is 5.44. The fraction of sp³-hybridized carbons (Fsp3) is 0.625. The largest absolute Gasteiger partial charge is 0.396 e. The lowest BCUT2D eigenvalue weighted by molar-refractivity contribution is 0.121. The molecule has 0 saturated heterocycles. The van der Waals surface area contributed by atoms with Gasteiger partial charge < -0.3 is 5.73 Å². The van der Waals surface area contributed by atoms with Crippen molar-refractivity contribution >= 4 is 5.69 Å². The van der Waals surface area contributed by atoms with Crippen molar-refractivity contribution in [3.63, 3.8) is 0 Å². The molecule has 0 unspecified atom stereocenters. The molecule has 3 nitrogen and oxygen atoms in total. The number of nitrogen functional groups attached to an aromatic ring is 1. The number of rotatable bonds is 3. The van der Waals surface area contributed by atoms with E-state index in [-0.39, 0.29) is 6.54 Å². The zero-order valence-electron chi connectivity index (χ0n) is 7.08. The Morgan fingerprint density at radius 1 is 1.62 bits per heavy atom. The van der Waals surface area contributed by atoms with Crippen molar-refractivity contribution in [1.82, 2.24) is 9.78 Å². The number of hydrogen-bond donors (Lipinski definition) is 1. The molecule has 0 bridgehead atoms. The summed E-state index contributed by atoms with van der Waals surface area (Å²) in [5, 5.41) is 4.02. The predicted molar refractivity (Wildman–Crippen MR) is 44.6 cm³/mol. The van der Waals surface area contributed by atoms with Gasteiger partial charge in [-0.15, -0.1) is 0 Å². The van der Waals surface area contributed by atoms with Gasteiger partial charge >= 0.3 is 0 Å². The standard InChI is InChI=1S/C8H11F2N3/c9-7(10)4-13-3-6(11)8(12-13)5-1-2-5/h3,5,7H,1-2,4,11H2. The van der Waals surface area contributed by atoms with Crippen molar-refractivity contribution in [2.75, 3.05) is 5.73 Å². The number of aromatic nitrogens is 2. The lowest BCUT2D eigenvalue weighted by Gasteiger charge is -1.97. The first kappa shape index (κ1) is 8.47. The Kier molecular flexibility index (Phi) is 1.94. The van der Waals surface area contributed by atoms with Crippen LogP contribution in [0.1, 0.15) is 24.5 Å². The van der Waals surface area contributed by atoms with Gasteiger partial charge in [0.2, 0.25) is 0 Å². The lowest BCUT2D eigenvalue weighted by atomic mass is 10.3. The molecule has 1 aliphatic carbocycles. The molecule has 1 aliphatic rings. The molecule has 2 rings (SSSR count). The van der Waals surface area contributed by atoms with Crippen LogP contribution in [0.3, 0.4) is 0 Å². The third kappa shape index (κ3) is 1.79. The van der Waals surface area contributed by atoms with E-state index in [4.69, 9.17) is 5.73 Å². The van der Waals surface area contributed by atoms with Gasteiger partial charge in [-0.25, -0.2) is 8.78 Å². The highest BCUT2D eigenvalue weighted by Crippen LogP contribution is 2.41. The van der Waals surface area contributed by atoms with Gasteiger partial charge in [0.05, 0.1) is 11.4 Å². The normalized spacial score (nSPS) is 16.8. The monoisotopic (exact) mass is 187 g/mol. The third-order valence-electron chi connectivity index (χ3n) is 2.11. The maximum Gasteiger partial charge on any atom is 0.257 e. The zero-order chi connectivity index (χ0) is 9.42. The molecule has 2 N–H and O–H groups in total. The van der Waals surface area contributed by atoms with E-state index in [0.29, 0.717) is 11.6 Å². The van der Waals surface area contributed by atoms with Crippen LogP contribution in [0, 0.1) is 0 Å². The average Bonchev–Trinajstić information content (AvgIpc) is 2.77. The number of alkyl halides is 2. The number of anilines is 1. The van der Waals surface area contributed by atoms with E-state index in [1.165, 1.54) is 10.9 Å². The lowest BCUT2D eigenvalue weighted by Crippen LogP contribution is -2.07. The highest BCUT2D eigenvalue weighted by Gasteiger charge is 2.28. The summed E-state index contributed by atoms with van der Waals surface area (Å²) in [5.74, 6) is 0.416. The summed E-state index contributed by atoms with van der Waals surface area (Å²) < 4.78 is 25.2. The molecule has 1 aromatic heterocycles. The number of halogens is 2. The van der Waals surface area contributed by atoms with E-state index in [9.17, 15) is 8.78 Å². The minimum Gasteiger partial charge on any atom is -0.396 e. The summed E-state index contributed by atoms with van der Waals surface area (Å²) in [7, 11) is 0. The van der Waals surface area contributed by atoms with Gasteiger partial charge in [-0.2, -0.15) is 5.10 Å². The summed E-state index contributed by atoms with van der Waals surface area (Å²) in [5.41, 5.74) is 6.97. The summed E-state index contributed by atoms with van der Waals surface area (Å²) >= 11 is 0. The van der Waals surface area contributed by atoms with Crippen LogP contribution < -0.4 is 5.73 Å². The SMILES string of the molecule is Nc1cn(CC(F)F)nc1C1CC1. The van der Waals surface area contributed by atoms with Gasteiger partial charge in [-0.3, -0.25) is 4.68 Å². The van der Waals surface area contributed by atoms with Gasteiger partial charge in [-0.05, 0) is 12.8 Å². The van der Waals surface area contributed by atoms with Gasteiger partial charge in [0, 0.05) is 12.1 Å². The maximum atomic E-state index is 12.0. The van der Waals surface area contributed by atoms with Crippen molar-refractivity contribution in [3.05, 3.63) is 11.9 Å². The number of hydrogen-bond acceptors (Lipinski definition) is 2. The first-order valence-electron chi connectivity index (χ1n) is 4.28. The van der Waals surface area contributed by atoms with Gasteiger partial charge in [0.25, 0.3) is 6.43 Å². The smallest absolute Gasteiger partial charge is 0.257 e. The molecule has 1 aromatic rings. The topological polar surface area (TPSA) is 43.8 Å². The Morgan fingerprint density at radius 3 is 2.85 bits per heavy atom. The van der Waals surface area contributed by atoms with Crippen LogP contribution in [0.5, 0.6) is 0 Å². The summed E-state index contributed by atoms with van der Waals surface area (Å²) in [6, 6.07) is 0. The fourth-order valence-corrected chi connectivity index (χ4v) is 1.36. The molecule has 0 aliphatic heterocycles. The first-order valence-corrected chi connectivity index (χ1v) is 4.28. The Bertz CT molecular complexity index is 304. The van der Waals surface area contributed by atoms with Crippen LogP contribution in [0.2, 0.25) is 0 Å². The summed E-state index contributed by atoms with van der Waals surface area (Å²) in [4.78, 5) is 0. The highest BCUT2D eigenvalue weighted by atomic mass is 19.3. The van der Waals surface area contributed by atoms with Crippen LogP contribution in [0.25, 0.3) is 0 Å². The summed E-state index contributed by atoms with van der Waals surface area (Å²) in [6.45, 7) is -0.364. The minimum absolute atomic E-state index is 0.364. The Labute approximate surface area is 74.5 Å². The van der Waals surface area contributed by atoms with E-state index in [1.807, 2.05) is 0 Å². The van der Waals surface area contributed by atoms with Gasteiger partial charge in [-0.1, -0.05) is 0 Å². The van der Waals surface area contributed by atoms with Crippen molar-refractivity contribution in [3.8, 4) is 0 Å². The second kappa shape index (κ2) is 2.97. The average molecular weight is 187 g/mol. The Hall–Kier alpha value is -1.13. The zero-order valence-corrected chi connectivity index (χ0v) is 7.08. The van der Waals surface area contributed by atoms with E-state index < -0.39 is 6.43 Å². The molecule has 5 heteroatoms. The Morgan fingerprint density at radius 2 is 2.31 bits per heavy atom. The molecule has 1 saturated carbocycles. The molecular formula is C8H11F2N3. The van der Waals surface area contributed by atoms with Crippen molar-refractivity contribution in [1.29, 1.82) is 0 Å². The van der Waals surface area contributed by atoms with Crippen LogP contribution in [0.4, 0.5) is 14.5 Å². The van der Waals surface area contributed by atoms with Crippen molar-refractivity contribution in [2.45, 2.75) is 31.7 Å². The van der Waals surface area contributed by atoms with E-state index in [2.05, 4.69) is 5.10 Å². The molecule has 13 heavy (non-hydrogen) atoms. The van der Waals surface area contributed by atoms with E-state index in [1.54, 1.807) is 0 Å². The third-order valence-corrected chi connectivity index (χ3v) is 2.11. The molecule has 72 valence electrons. The summed E-state index contributed by atoms with van der Waals surface area (Å²) in [6.07, 6.45) is 1.28. The van der Waals surface area contributed by atoms with Gasteiger partial charge in [0.1, 0.15) is 6.54 Å². The number of nitrogens with two attached hydrogens (primary N) is 1. The quantitative estimate of drug-likeness (QED) is 0.781. The minimum atomic E-state index is -2.37. The molecule has 0 radical (unpaired) electrons. The molecule has 0 spiro atoms. The van der Waals surface area contributed by atoms with E-state index >= 15 is 0 Å². The van der Waals surface area contributed by atoms with E-state index in [0.717, 1.165) is 18.5 Å². The second-order valence-electron chi connectivity index (χ2n) is 3.36. The fourth-order valence-electron chi connectivity index (χ4n) is 1.36. The predicted octanol–water partition coefficient (Wildman–Crippen LogP) is 1.61. The van der Waals surface area contributed by atoms with Gasteiger partial charge in [0.15, 0.2) is 0 Å². The molecule has 0 atom stereocenters. The molecule has 0 aromatic carbocycles. The molecule has 1 fully saturated rings. The van der Waals surface area contributed by atoms with Crippen LogP contribution >= 0.6 is 0 Å². The molecular weight excluding hydrogens is 176 g/mol. The maximum absolute atomic E-state index is 12.0.